The lowest BCUT2D eigenvalue weighted by Crippen LogP contribution is -2.57. The predicted molar refractivity (Wildman–Crippen MR) is 209 cm³/mol. The molecular weight excluding hydrogens is 825 g/mol. The molecule has 1 rings (SSSR count). The van der Waals surface area contributed by atoms with Gasteiger partial charge in [-0.05, 0) is 31.2 Å². The summed E-state index contributed by atoms with van der Waals surface area (Å²) < 4.78 is 0. The van der Waals surface area contributed by atoms with Gasteiger partial charge in [-0.2, -0.15) is 0 Å². The third-order valence-electron chi connectivity index (χ3n) is 7.87. The highest BCUT2D eigenvalue weighted by molar-refractivity contribution is 8.76. The number of nitrogens with one attached hydrogen (secondary N) is 6. The van der Waals surface area contributed by atoms with Crippen LogP contribution in [0, 0.1) is 0 Å². The molecule has 1 aromatic rings. The lowest BCUT2D eigenvalue weighted by Gasteiger charge is -2.24. The molecule has 326 valence electrons. The molecule has 6 amide bonds. The molecule has 0 saturated carbocycles. The SMILES string of the molecule is CCCSSC[C@H](NC(=O)[C@H](Cc1ccccc1)NC(=O)[C@H](CC(=O)O)NC(=O)CC[C@H](NC(=O)CC[C@@H](C=O)NC(=O)N[C@@H](CCC(=O)O)C(=O)O)C(=O)O)C(=O)O. The topological polar surface area (TPSA) is 361 Å². The normalized spacial score (nSPS) is 13.7. The van der Waals surface area contributed by atoms with Gasteiger partial charge in [0.2, 0.25) is 23.6 Å². The van der Waals surface area contributed by atoms with Crippen molar-refractivity contribution in [3.05, 3.63) is 35.9 Å². The number of carboxylic acids is 5. The number of aliphatic carboxylic acids is 5. The minimum absolute atomic E-state index is 0.00221. The van der Waals surface area contributed by atoms with Crippen molar-refractivity contribution in [2.45, 2.75) is 101 Å². The number of hydrogen-bond donors (Lipinski definition) is 11. The van der Waals surface area contributed by atoms with Crippen LogP contribution in [0.1, 0.15) is 63.9 Å². The van der Waals surface area contributed by atoms with Crippen LogP contribution in [0.5, 0.6) is 0 Å². The monoisotopic (exact) mass is 872 g/mol. The molecule has 0 saturated heterocycles. The standard InChI is InChI=1S/C35H48N6O16S2/c1-2-14-58-59-18-25(34(55)56)40-30(49)23(15-19-6-4-3-5-7-19)39-31(50)24(16-29(47)48)38-27(44)12-9-21(32(51)52)37-26(43)11-8-20(17-42)36-35(57)41-22(33(53)54)10-13-28(45)46/h3-7,17,20-25H,2,8-16,18H2,1H3,(H,37,43)(H,38,44)(H,39,50)(H,40,49)(H,45,46)(H,47,48)(H,51,52)(H,53,54)(H,55,56)(H2,36,41,57)/t20-,21-,22-,23-,24-,25-/m0/s1. The van der Waals surface area contributed by atoms with Gasteiger partial charge in [-0.3, -0.25) is 28.8 Å². The Kier molecular flexibility index (Phi) is 24.0. The van der Waals surface area contributed by atoms with Crippen molar-refractivity contribution in [1.29, 1.82) is 0 Å². The fourth-order valence-corrected chi connectivity index (χ4v) is 7.13. The summed E-state index contributed by atoms with van der Waals surface area (Å²) in [5.41, 5.74) is 0.551. The van der Waals surface area contributed by atoms with Crippen molar-refractivity contribution < 1.29 is 78.3 Å². The van der Waals surface area contributed by atoms with Gasteiger partial charge < -0.3 is 62.2 Å². The van der Waals surface area contributed by atoms with Gasteiger partial charge in [0.1, 0.15) is 36.5 Å². The minimum Gasteiger partial charge on any atom is -0.481 e. The molecule has 0 aliphatic heterocycles. The van der Waals surface area contributed by atoms with E-state index < -0.39 is 134 Å². The first kappa shape index (κ1) is 51.1. The molecule has 0 heterocycles. The van der Waals surface area contributed by atoms with Crippen molar-refractivity contribution in [2.75, 3.05) is 11.5 Å². The van der Waals surface area contributed by atoms with E-state index in [1.807, 2.05) is 12.2 Å². The number of carboxylic acid groups (broad SMARTS) is 5. The molecule has 0 bridgehead atoms. The Morgan fingerprint density at radius 1 is 0.593 bits per heavy atom. The van der Waals surface area contributed by atoms with Gasteiger partial charge in [-0.25, -0.2) is 19.2 Å². The molecule has 0 aromatic heterocycles. The Morgan fingerprint density at radius 3 is 1.66 bits per heavy atom. The van der Waals surface area contributed by atoms with E-state index in [1.165, 1.54) is 21.6 Å². The number of rotatable bonds is 30. The Bertz CT molecular complexity index is 1650. The Hall–Kier alpha value is -5.91. The summed E-state index contributed by atoms with van der Waals surface area (Å²) in [6, 6.07) is -2.07. The molecule has 11 N–H and O–H groups in total. The maximum atomic E-state index is 13.4. The molecule has 6 atom stereocenters. The van der Waals surface area contributed by atoms with Crippen molar-refractivity contribution in [3.63, 3.8) is 0 Å². The summed E-state index contributed by atoms with van der Waals surface area (Å²) in [4.78, 5) is 133. The highest BCUT2D eigenvalue weighted by Crippen LogP contribution is 2.22. The summed E-state index contributed by atoms with van der Waals surface area (Å²) in [6.07, 6.45) is -3.24. The average Bonchev–Trinajstić information content (AvgIpc) is 3.16. The first-order chi connectivity index (χ1) is 27.9. The highest BCUT2D eigenvalue weighted by atomic mass is 33.1. The van der Waals surface area contributed by atoms with E-state index in [9.17, 15) is 73.2 Å². The maximum absolute atomic E-state index is 13.4. The van der Waals surface area contributed by atoms with Crippen molar-refractivity contribution in [3.8, 4) is 0 Å². The van der Waals surface area contributed by atoms with Crippen LogP contribution in [-0.4, -0.2) is 139 Å². The third kappa shape index (κ3) is 22.0. The predicted octanol–water partition coefficient (Wildman–Crippen LogP) is -0.651. The molecule has 1 aromatic carbocycles. The summed E-state index contributed by atoms with van der Waals surface area (Å²) in [5.74, 6) is -10.5. The fraction of sp³-hybridized carbons (Fsp3) is 0.514. The average molecular weight is 873 g/mol. The Morgan fingerprint density at radius 2 is 1.12 bits per heavy atom. The van der Waals surface area contributed by atoms with Crippen LogP contribution in [0.3, 0.4) is 0 Å². The molecular formula is C35H48N6O16S2. The number of hydrogen-bond acceptors (Lipinski definition) is 13. The minimum atomic E-state index is -1.78. The van der Waals surface area contributed by atoms with Gasteiger partial charge in [0, 0.05) is 37.2 Å². The molecule has 22 nitrogen and oxygen atoms in total. The van der Waals surface area contributed by atoms with Gasteiger partial charge in [-0.15, -0.1) is 0 Å². The highest BCUT2D eigenvalue weighted by Gasteiger charge is 2.32. The first-order valence-corrected chi connectivity index (χ1v) is 20.5. The van der Waals surface area contributed by atoms with Crippen LogP contribution in [0.25, 0.3) is 0 Å². The lowest BCUT2D eigenvalue weighted by atomic mass is 10.0. The maximum Gasteiger partial charge on any atom is 0.327 e. The van der Waals surface area contributed by atoms with Crippen LogP contribution in [0.4, 0.5) is 4.79 Å². The molecule has 59 heavy (non-hydrogen) atoms. The van der Waals surface area contributed by atoms with Crippen LogP contribution in [0.2, 0.25) is 0 Å². The molecule has 24 heteroatoms. The smallest absolute Gasteiger partial charge is 0.327 e. The number of urea groups is 1. The van der Waals surface area contributed by atoms with E-state index in [4.69, 9.17) is 5.11 Å². The second kappa shape index (κ2) is 27.7. The van der Waals surface area contributed by atoms with Crippen LogP contribution < -0.4 is 31.9 Å². The number of carbonyl (C=O) groups is 11. The largest absolute Gasteiger partial charge is 0.481 e. The first-order valence-electron chi connectivity index (χ1n) is 18.0. The number of amides is 6. The van der Waals surface area contributed by atoms with Crippen molar-refractivity contribution in [2.24, 2.45) is 0 Å². The Labute approximate surface area is 345 Å². The Balaban J connectivity index is 2.93. The van der Waals surface area contributed by atoms with Gasteiger partial charge in [0.25, 0.3) is 0 Å². The summed E-state index contributed by atoms with van der Waals surface area (Å²) in [7, 11) is 2.64. The zero-order chi connectivity index (χ0) is 44.5. The quantitative estimate of drug-likeness (QED) is 0.0260. The molecule has 0 radical (unpaired) electrons. The van der Waals surface area contributed by atoms with Crippen molar-refractivity contribution in [1.82, 2.24) is 31.9 Å². The van der Waals surface area contributed by atoms with Crippen molar-refractivity contribution >= 4 is 87.4 Å². The van der Waals surface area contributed by atoms with Gasteiger partial charge in [0.15, 0.2) is 0 Å². The van der Waals surface area contributed by atoms with Crippen LogP contribution >= 0.6 is 21.6 Å². The summed E-state index contributed by atoms with van der Waals surface area (Å²) in [6.45, 7) is 1.94. The molecule has 0 unspecified atom stereocenters. The van der Waals surface area contributed by atoms with E-state index in [-0.39, 0.29) is 24.9 Å². The zero-order valence-electron chi connectivity index (χ0n) is 31.7. The van der Waals surface area contributed by atoms with Crippen LogP contribution in [0.15, 0.2) is 30.3 Å². The third-order valence-corrected chi connectivity index (χ3v) is 10.5. The van der Waals surface area contributed by atoms with Gasteiger partial charge in [-0.1, -0.05) is 58.8 Å². The van der Waals surface area contributed by atoms with E-state index in [0.29, 0.717) is 5.56 Å². The van der Waals surface area contributed by atoms with Crippen LogP contribution in [-0.2, 0) is 54.4 Å². The molecule has 0 aliphatic carbocycles. The second-order valence-electron chi connectivity index (χ2n) is 12.7. The fourth-order valence-electron chi connectivity index (χ4n) is 4.84. The summed E-state index contributed by atoms with van der Waals surface area (Å²) in [5, 5.41) is 59.9. The van der Waals surface area contributed by atoms with E-state index >= 15 is 0 Å². The summed E-state index contributed by atoms with van der Waals surface area (Å²) >= 11 is 0. The number of benzene rings is 1. The van der Waals surface area contributed by atoms with E-state index in [2.05, 4.69) is 26.6 Å². The lowest BCUT2D eigenvalue weighted by molar-refractivity contribution is -0.143. The zero-order valence-corrected chi connectivity index (χ0v) is 33.4. The van der Waals surface area contributed by atoms with E-state index in [0.717, 1.165) is 12.2 Å². The molecule has 0 aliphatic rings. The molecule has 0 spiro atoms. The van der Waals surface area contributed by atoms with E-state index in [1.54, 1.807) is 30.3 Å². The second-order valence-corrected chi connectivity index (χ2v) is 15.3. The number of carbonyl (C=O) groups excluding carboxylic acids is 6. The molecule has 0 fully saturated rings. The van der Waals surface area contributed by atoms with Gasteiger partial charge >= 0.3 is 35.9 Å². The van der Waals surface area contributed by atoms with Gasteiger partial charge in [0.05, 0.1) is 12.5 Å². The number of aldehydes is 1.